The van der Waals surface area contributed by atoms with E-state index in [-0.39, 0.29) is 11.1 Å². The summed E-state index contributed by atoms with van der Waals surface area (Å²) in [6.45, 7) is 0. The van der Waals surface area contributed by atoms with Crippen molar-refractivity contribution in [2.75, 3.05) is 0 Å². The van der Waals surface area contributed by atoms with E-state index in [2.05, 4.69) is 4.98 Å². The zero-order valence-electron chi connectivity index (χ0n) is 7.98. The largest absolute Gasteiger partial charge is 0.417 e. The molecule has 1 fully saturated rings. The Morgan fingerprint density at radius 2 is 2.06 bits per heavy atom. The summed E-state index contributed by atoms with van der Waals surface area (Å²) in [4.78, 5) is 3.82. The van der Waals surface area contributed by atoms with Crippen molar-refractivity contribution in [2.45, 2.75) is 24.9 Å². The van der Waals surface area contributed by atoms with E-state index >= 15 is 0 Å². The molecule has 0 unspecified atom stereocenters. The minimum Gasteiger partial charge on any atom is -0.239 e. The second-order valence-corrected chi connectivity index (χ2v) is 4.00. The molecule has 0 bridgehead atoms. The molecule has 1 heterocycles. The van der Waals surface area contributed by atoms with Crippen LogP contribution < -0.4 is 0 Å². The van der Waals surface area contributed by atoms with Gasteiger partial charge in [-0.3, -0.25) is 0 Å². The van der Waals surface area contributed by atoms with Crippen LogP contribution in [0.2, 0.25) is 5.15 Å². The summed E-state index contributed by atoms with van der Waals surface area (Å²) in [5.74, 6) is 0.0614. The Morgan fingerprint density at radius 3 is 2.50 bits per heavy atom. The first kappa shape index (κ1) is 11.2. The van der Waals surface area contributed by atoms with Gasteiger partial charge in [-0.25, -0.2) is 4.98 Å². The third-order valence-corrected chi connectivity index (χ3v) is 2.68. The molecule has 0 N–H and O–H groups in total. The number of halogens is 4. The first-order chi connectivity index (χ1) is 7.43. The van der Waals surface area contributed by atoms with Gasteiger partial charge in [0.1, 0.15) is 16.8 Å². The molecule has 1 aromatic heterocycles. The van der Waals surface area contributed by atoms with Crippen LogP contribution in [0.1, 0.15) is 35.6 Å². The molecule has 0 radical (unpaired) electrons. The van der Waals surface area contributed by atoms with Gasteiger partial charge in [-0.1, -0.05) is 11.6 Å². The molecule has 84 valence electrons. The number of aromatic nitrogens is 1. The molecule has 1 aliphatic carbocycles. The van der Waals surface area contributed by atoms with Gasteiger partial charge in [0.2, 0.25) is 0 Å². The summed E-state index contributed by atoms with van der Waals surface area (Å²) in [6.07, 6.45) is -2.92. The zero-order valence-corrected chi connectivity index (χ0v) is 8.73. The molecule has 0 saturated heterocycles. The number of nitriles is 1. The van der Waals surface area contributed by atoms with Gasteiger partial charge in [0.15, 0.2) is 0 Å². The van der Waals surface area contributed by atoms with Gasteiger partial charge in [0.05, 0.1) is 5.56 Å². The van der Waals surface area contributed by atoms with Crippen LogP contribution in [-0.2, 0) is 6.18 Å². The average molecular weight is 247 g/mol. The summed E-state index contributed by atoms with van der Waals surface area (Å²) in [5.41, 5.74) is -1.26. The summed E-state index contributed by atoms with van der Waals surface area (Å²) in [7, 11) is 0. The van der Waals surface area contributed by atoms with Crippen LogP contribution in [0, 0.1) is 11.3 Å². The number of alkyl halides is 3. The quantitative estimate of drug-likeness (QED) is 0.711. The minimum atomic E-state index is -4.57. The lowest BCUT2D eigenvalue weighted by Gasteiger charge is -2.11. The highest BCUT2D eigenvalue weighted by Gasteiger charge is 2.37. The van der Waals surface area contributed by atoms with Gasteiger partial charge < -0.3 is 0 Å². The van der Waals surface area contributed by atoms with Crippen molar-refractivity contribution < 1.29 is 13.2 Å². The normalized spacial score (nSPS) is 15.9. The van der Waals surface area contributed by atoms with Crippen molar-refractivity contribution in [3.8, 4) is 6.07 Å². The Balaban J connectivity index is 2.59. The summed E-state index contributed by atoms with van der Waals surface area (Å²) < 4.78 is 37.9. The van der Waals surface area contributed by atoms with Gasteiger partial charge in [-0.15, -0.1) is 0 Å². The average Bonchev–Trinajstić information content (AvgIpc) is 2.98. The van der Waals surface area contributed by atoms with E-state index in [1.165, 1.54) is 6.07 Å². The van der Waals surface area contributed by atoms with E-state index in [9.17, 15) is 13.2 Å². The van der Waals surface area contributed by atoms with Crippen LogP contribution in [0.3, 0.4) is 0 Å². The van der Waals surface area contributed by atoms with Crippen molar-refractivity contribution in [3.05, 3.63) is 28.0 Å². The van der Waals surface area contributed by atoms with Crippen LogP contribution in [0.5, 0.6) is 0 Å². The predicted octanol–water partition coefficient (Wildman–Crippen LogP) is 3.50. The summed E-state index contributed by atoms with van der Waals surface area (Å²) >= 11 is 5.58. The fourth-order valence-electron chi connectivity index (χ4n) is 1.45. The molecule has 0 aliphatic heterocycles. The number of hydrogen-bond donors (Lipinski definition) is 0. The molecule has 6 heteroatoms. The Kier molecular flexibility index (Phi) is 2.55. The van der Waals surface area contributed by atoms with E-state index < -0.39 is 17.3 Å². The predicted molar refractivity (Wildman–Crippen MR) is 50.9 cm³/mol. The van der Waals surface area contributed by atoms with E-state index in [0.29, 0.717) is 5.69 Å². The first-order valence-electron chi connectivity index (χ1n) is 4.61. The van der Waals surface area contributed by atoms with Gasteiger partial charge in [0.25, 0.3) is 0 Å². The number of nitrogens with zero attached hydrogens (tertiary/aromatic N) is 2. The van der Waals surface area contributed by atoms with Gasteiger partial charge >= 0.3 is 6.18 Å². The molecule has 2 nitrogen and oxygen atoms in total. The van der Waals surface area contributed by atoms with Gasteiger partial charge in [-0.05, 0) is 18.9 Å². The van der Waals surface area contributed by atoms with E-state index in [0.717, 1.165) is 18.9 Å². The van der Waals surface area contributed by atoms with Crippen molar-refractivity contribution in [2.24, 2.45) is 0 Å². The van der Waals surface area contributed by atoms with Crippen LogP contribution >= 0.6 is 11.6 Å². The van der Waals surface area contributed by atoms with Crippen LogP contribution in [-0.4, -0.2) is 4.98 Å². The highest BCUT2D eigenvalue weighted by molar-refractivity contribution is 6.30. The maximum absolute atomic E-state index is 12.6. The standard InChI is InChI=1S/C10H6ClF3N2/c11-9-6(4-15)7(10(12,13)14)3-8(16-9)5-1-2-5/h3,5H,1-2H2. The van der Waals surface area contributed by atoms with Crippen molar-refractivity contribution in [1.82, 2.24) is 4.98 Å². The maximum Gasteiger partial charge on any atom is 0.417 e. The first-order valence-corrected chi connectivity index (χ1v) is 4.99. The van der Waals surface area contributed by atoms with E-state index in [1.54, 1.807) is 0 Å². The van der Waals surface area contributed by atoms with E-state index in [4.69, 9.17) is 16.9 Å². The zero-order chi connectivity index (χ0) is 11.9. The third-order valence-electron chi connectivity index (χ3n) is 2.41. The van der Waals surface area contributed by atoms with Gasteiger partial charge in [-0.2, -0.15) is 18.4 Å². The van der Waals surface area contributed by atoms with E-state index in [1.807, 2.05) is 0 Å². The second-order valence-electron chi connectivity index (χ2n) is 3.64. The number of hydrogen-bond acceptors (Lipinski definition) is 2. The lowest BCUT2D eigenvalue weighted by Crippen LogP contribution is -2.10. The lowest BCUT2D eigenvalue weighted by atomic mass is 10.1. The molecule has 0 amide bonds. The summed E-state index contributed by atoms with van der Waals surface area (Å²) in [6, 6.07) is 2.38. The summed E-state index contributed by atoms with van der Waals surface area (Å²) in [5, 5.41) is 8.27. The SMILES string of the molecule is N#Cc1c(C(F)(F)F)cc(C2CC2)nc1Cl. The smallest absolute Gasteiger partial charge is 0.239 e. The molecule has 0 spiro atoms. The molecule has 0 atom stereocenters. The Hall–Kier alpha value is -1.28. The topological polar surface area (TPSA) is 36.7 Å². The Morgan fingerprint density at radius 1 is 1.44 bits per heavy atom. The highest BCUT2D eigenvalue weighted by atomic mass is 35.5. The minimum absolute atomic E-state index is 0.0614. The maximum atomic E-state index is 12.6. The monoisotopic (exact) mass is 246 g/mol. The molecule has 0 aromatic carbocycles. The second kappa shape index (κ2) is 3.63. The van der Waals surface area contributed by atoms with Crippen LogP contribution in [0.15, 0.2) is 6.07 Å². The van der Waals surface area contributed by atoms with Crippen molar-refractivity contribution in [3.63, 3.8) is 0 Å². The van der Waals surface area contributed by atoms with Crippen molar-refractivity contribution >= 4 is 11.6 Å². The lowest BCUT2D eigenvalue weighted by molar-refractivity contribution is -0.137. The molecular formula is C10H6ClF3N2. The number of pyridine rings is 1. The fraction of sp³-hybridized carbons (Fsp3) is 0.400. The third kappa shape index (κ3) is 1.98. The molecule has 2 rings (SSSR count). The Bertz CT molecular complexity index is 472. The van der Waals surface area contributed by atoms with Gasteiger partial charge in [0, 0.05) is 11.6 Å². The van der Waals surface area contributed by atoms with Crippen LogP contribution in [0.4, 0.5) is 13.2 Å². The molecule has 1 saturated carbocycles. The highest BCUT2D eigenvalue weighted by Crippen LogP contribution is 2.42. The molecule has 1 aliphatic rings. The van der Waals surface area contributed by atoms with Crippen molar-refractivity contribution in [1.29, 1.82) is 5.26 Å². The number of rotatable bonds is 1. The Labute approximate surface area is 94.7 Å². The molecular weight excluding hydrogens is 241 g/mol. The van der Waals surface area contributed by atoms with Crippen LogP contribution in [0.25, 0.3) is 0 Å². The molecule has 16 heavy (non-hydrogen) atoms. The fourth-order valence-corrected chi connectivity index (χ4v) is 1.69. The molecule has 1 aromatic rings.